The number of rotatable bonds is 6. The highest BCUT2D eigenvalue weighted by Crippen LogP contribution is 2.40. The number of halogens is 1. The van der Waals surface area contributed by atoms with Crippen LogP contribution in [0.3, 0.4) is 0 Å². The first-order valence-electron chi connectivity index (χ1n) is 6.51. The standard InChI is InChI=1S/C14H22BrNS/c1-16(9-6-13-5-4-10-17-13)12-14(11-15)7-2-3-8-14/h4-5,10H,2-3,6-9,11-12H2,1H3. The van der Waals surface area contributed by atoms with Gasteiger partial charge in [0.1, 0.15) is 0 Å². The maximum Gasteiger partial charge on any atom is 0.0100 e. The third-order valence-electron chi connectivity index (χ3n) is 3.87. The number of likely N-dealkylation sites (N-methyl/N-ethyl adjacent to an activating group) is 1. The van der Waals surface area contributed by atoms with E-state index in [0.29, 0.717) is 5.41 Å². The minimum Gasteiger partial charge on any atom is -0.305 e. The maximum absolute atomic E-state index is 3.73. The normalized spacial score (nSPS) is 19.0. The van der Waals surface area contributed by atoms with E-state index in [2.05, 4.69) is 45.4 Å². The fourth-order valence-corrected chi connectivity index (χ4v) is 4.30. The van der Waals surface area contributed by atoms with E-state index >= 15 is 0 Å². The molecule has 0 spiro atoms. The van der Waals surface area contributed by atoms with Crippen molar-refractivity contribution in [3.05, 3.63) is 22.4 Å². The molecule has 0 amide bonds. The van der Waals surface area contributed by atoms with Crippen LogP contribution < -0.4 is 0 Å². The second kappa shape index (κ2) is 6.35. The quantitative estimate of drug-likeness (QED) is 0.712. The lowest BCUT2D eigenvalue weighted by Gasteiger charge is -2.31. The maximum atomic E-state index is 3.73. The van der Waals surface area contributed by atoms with Crippen LogP contribution in [0.2, 0.25) is 0 Å². The molecule has 1 fully saturated rings. The van der Waals surface area contributed by atoms with Crippen LogP contribution in [-0.2, 0) is 6.42 Å². The van der Waals surface area contributed by atoms with Gasteiger partial charge in [-0.15, -0.1) is 11.3 Å². The zero-order valence-corrected chi connectivity index (χ0v) is 13.0. The molecule has 0 saturated heterocycles. The minimum absolute atomic E-state index is 0.560. The second-order valence-electron chi connectivity index (χ2n) is 5.41. The Balaban J connectivity index is 1.78. The molecule has 0 aliphatic heterocycles. The summed E-state index contributed by atoms with van der Waals surface area (Å²) in [5, 5.41) is 3.34. The van der Waals surface area contributed by atoms with Crippen LogP contribution in [0.4, 0.5) is 0 Å². The summed E-state index contributed by atoms with van der Waals surface area (Å²) in [5.41, 5.74) is 0.560. The summed E-state index contributed by atoms with van der Waals surface area (Å²) in [6, 6.07) is 4.39. The van der Waals surface area contributed by atoms with E-state index in [1.165, 1.54) is 55.4 Å². The first-order chi connectivity index (χ1) is 8.24. The van der Waals surface area contributed by atoms with Crippen molar-refractivity contribution in [1.29, 1.82) is 0 Å². The molecule has 0 unspecified atom stereocenters. The lowest BCUT2D eigenvalue weighted by atomic mass is 9.88. The molecule has 1 saturated carbocycles. The molecule has 0 aromatic carbocycles. The van der Waals surface area contributed by atoms with E-state index in [1.807, 2.05) is 11.3 Å². The third kappa shape index (κ3) is 3.80. The van der Waals surface area contributed by atoms with Crippen molar-refractivity contribution in [3.8, 4) is 0 Å². The summed E-state index contributed by atoms with van der Waals surface area (Å²) >= 11 is 5.60. The van der Waals surface area contributed by atoms with Crippen LogP contribution in [0.15, 0.2) is 17.5 Å². The van der Waals surface area contributed by atoms with Gasteiger partial charge in [-0.2, -0.15) is 0 Å². The molecule has 96 valence electrons. The van der Waals surface area contributed by atoms with Gasteiger partial charge in [-0.3, -0.25) is 0 Å². The summed E-state index contributed by atoms with van der Waals surface area (Å²) in [7, 11) is 2.27. The van der Waals surface area contributed by atoms with Gasteiger partial charge in [-0.05, 0) is 43.2 Å². The molecule has 1 aromatic heterocycles. The lowest BCUT2D eigenvalue weighted by Crippen LogP contribution is -2.36. The van der Waals surface area contributed by atoms with Gasteiger partial charge >= 0.3 is 0 Å². The van der Waals surface area contributed by atoms with E-state index in [4.69, 9.17) is 0 Å². The summed E-state index contributed by atoms with van der Waals surface area (Å²) in [4.78, 5) is 4.03. The molecule has 1 aliphatic carbocycles. The number of alkyl halides is 1. The first-order valence-corrected chi connectivity index (χ1v) is 8.51. The van der Waals surface area contributed by atoms with Crippen LogP contribution in [0.1, 0.15) is 30.6 Å². The van der Waals surface area contributed by atoms with Gasteiger partial charge in [-0.25, -0.2) is 0 Å². The Hall–Kier alpha value is 0.140. The Morgan fingerprint density at radius 2 is 2.18 bits per heavy atom. The van der Waals surface area contributed by atoms with Gasteiger partial charge in [0.15, 0.2) is 0 Å². The first kappa shape index (κ1) is 13.6. The van der Waals surface area contributed by atoms with Gasteiger partial charge in [0.2, 0.25) is 0 Å². The molecule has 3 heteroatoms. The van der Waals surface area contributed by atoms with Crippen molar-refractivity contribution in [2.45, 2.75) is 32.1 Å². The van der Waals surface area contributed by atoms with Crippen LogP contribution in [-0.4, -0.2) is 30.4 Å². The van der Waals surface area contributed by atoms with Crippen LogP contribution in [0.5, 0.6) is 0 Å². The van der Waals surface area contributed by atoms with Gasteiger partial charge in [0, 0.05) is 23.3 Å². The Labute approximate surface area is 117 Å². The van der Waals surface area contributed by atoms with Crippen molar-refractivity contribution < 1.29 is 0 Å². The molecule has 1 heterocycles. The predicted molar refractivity (Wildman–Crippen MR) is 80.2 cm³/mol. The van der Waals surface area contributed by atoms with Gasteiger partial charge in [0.25, 0.3) is 0 Å². The molecule has 0 atom stereocenters. The Kier molecular flexibility index (Phi) is 5.07. The van der Waals surface area contributed by atoms with Gasteiger partial charge in [0.05, 0.1) is 0 Å². The molecule has 0 radical (unpaired) electrons. The van der Waals surface area contributed by atoms with Crippen LogP contribution in [0, 0.1) is 5.41 Å². The molecule has 0 N–H and O–H groups in total. The van der Waals surface area contributed by atoms with Gasteiger partial charge < -0.3 is 4.90 Å². The Morgan fingerprint density at radius 3 is 2.76 bits per heavy atom. The SMILES string of the molecule is CN(CCc1cccs1)CC1(CBr)CCCC1. The fourth-order valence-electron chi connectivity index (χ4n) is 2.87. The highest BCUT2D eigenvalue weighted by atomic mass is 79.9. The van der Waals surface area contributed by atoms with E-state index in [9.17, 15) is 0 Å². The molecule has 1 nitrogen and oxygen atoms in total. The Bertz CT molecular complexity index is 317. The van der Waals surface area contributed by atoms with E-state index in [1.54, 1.807) is 0 Å². The highest BCUT2D eigenvalue weighted by molar-refractivity contribution is 9.09. The van der Waals surface area contributed by atoms with E-state index in [0.717, 1.165) is 0 Å². The molecule has 1 aliphatic rings. The number of nitrogens with zero attached hydrogens (tertiary/aromatic N) is 1. The molecule has 17 heavy (non-hydrogen) atoms. The summed E-state index contributed by atoms with van der Waals surface area (Å²) < 4.78 is 0. The smallest absolute Gasteiger partial charge is 0.0100 e. The van der Waals surface area contributed by atoms with Crippen LogP contribution >= 0.6 is 27.3 Å². The average Bonchev–Trinajstić information content (AvgIpc) is 2.98. The monoisotopic (exact) mass is 315 g/mol. The largest absolute Gasteiger partial charge is 0.305 e. The summed E-state index contributed by atoms with van der Waals surface area (Å²) in [6.45, 7) is 2.44. The highest BCUT2D eigenvalue weighted by Gasteiger charge is 2.33. The van der Waals surface area contributed by atoms with Crippen molar-refractivity contribution in [2.75, 3.05) is 25.5 Å². The van der Waals surface area contributed by atoms with Crippen LogP contribution in [0.25, 0.3) is 0 Å². The molecule has 0 bridgehead atoms. The fraction of sp³-hybridized carbons (Fsp3) is 0.714. The van der Waals surface area contributed by atoms with Crippen molar-refractivity contribution in [3.63, 3.8) is 0 Å². The number of thiophene rings is 1. The lowest BCUT2D eigenvalue weighted by molar-refractivity contribution is 0.204. The topological polar surface area (TPSA) is 3.24 Å². The summed E-state index contributed by atoms with van der Waals surface area (Å²) in [5.74, 6) is 0. The van der Waals surface area contributed by atoms with Gasteiger partial charge in [-0.1, -0.05) is 34.8 Å². The molecule has 1 aromatic rings. The zero-order valence-electron chi connectivity index (χ0n) is 10.6. The van der Waals surface area contributed by atoms with Crippen molar-refractivity contribution in [2.24, 2.45) is 5.41 Å². The number of hydrogen-bond acceptors (Lipinski definition) is 2. The predicted octanol–water partition coefficient (Wildman–Crippen LogP) is 4.18. The minimum atomic E-state index is 0.560. The third-order valence-corrected chi connectivity index (χ3v) is 6.00. The molecule has 2 rings (SSSR count). The second-order valence-corrected chi connectivity index (χ2v) is 7.00. The molecular weight excluding hydrogens is 294 g/mol. The van der Waals surface area contributed by atoms with Crippen molar-refractivity contribution >= 4 is 27.3 Å². The Morgan fingerprint density at radius 1 is 1.41 bits per heavy atom. The summed E-state index contributed by atoms with van der Waals surface area (Å²) in [6.07, 6.45) is 6.85. The van der Waals surface area contributed by atoms with Crippen molar-refractivity contribution in [1.82, 2.24) is 4.90 Å². The zero-order chi connectivity index (χ0) is 12.1. The average molecular weight is 316 g/mol. The van der Waals surface area contributed by atoms with E-state index < -0.39 is 0 Å². The molecular formula is C14H22BrNS. The van der Waals surface area contributed by atoms with E-state index in [-0.39, 0.29) is 0 Å². The number of hydrogen-bond donors (Lipinski definition) is 0.